The van der Waals surface area contributed by atoms with Gasteiger partial charge in [-0.3, -0.25) is 0 Å². The summed E-state index contributed by atoms with van der Waals surface area (Å²) in [6.07, 6.45) is 17.9. The average molecular weight is 325 g/mol. The van der Waals surface area contributed by atoms with E-state index in [-0.39, 0.29) is 0 Å². The quantitative estimate of drug-likeness (QED) is 0.489. The lowest BCUT2D eigenvalue weighted by Crippen LogP contribution is -2.26. The number of hydrogen-bond donors (Lipinski definition) is 0. The summed E-state index contributed by atoms with van der Waals surface area (Å²) in [6, 6.07) is 9.22. The first-order valence-corrected chi connectivity index (χ1v) is 10.4. The van der Waals surface area contributed by atoms with Crippen LogP contribution in [0.2, 0.25) is 0 Å². The van der Waals surface area contributed by atoms with Crippen LogP contribution in [0.25, 0.3) is 0 Å². The van der Waals surface area contributed by atoms with Crippen LogP contribution in [0.15, 0.2) is 36.9 Å². The fraction of sp³-hybridized carbons (Fsp3) is 0.667. The molecular weight excluding hydrogens is 288 g/mol. The first kappa shape index (κ1) is 17.8. The third kappa shape index (κ3) is 4.98. The molecule has 0 unspecified atom stereocenters. The van der Waals surface area contributed by atoms with Crippen LogP contribution in [0.3, 0.4) is 0 Å². The minimum absolute atomic E-state index is 0.938. The van der Waals surface area contributed by atoms with Gasteiger partial charge in [0, 0.05) is 0 Å². The van der Waals surface area contributed by atoms with Crippen molar-refractivity contribution >= 4 is 0 Å². The fourth-order valence-corrected chi connectivity index (χ4v) is 5.22. The Hall–Kier alpha value is -1.04. The van der Waals surface area contributed by atoms with Crippen LogP contribution in [0.1, 0.15) is 75.3 Å². The van der Waals surface area contributed by atoms with E-state index in [1.165, 1.54) is 76.2 Å². The Morgan fingerprint density at radius 1 is 0.833 bits per heavy atom. The SMILES string of the molecule is C=CCCC1CCC(C2CCC(Cc3ccc(C)cc3)CC2)CC1. The summed E-state index contributed by atoms with van der Waals surface area (Å²) in [7, 11) is 0. The lowest BCUT2D eigenvalue weighted by atomic mass is 9.68. The van der Waals surface area contributed by atoms with Gasteiger partial charge < -0.3 is 0 Å². The molecule has 3 rings (SSSR count). The van der Waals surface area contributed by atoms with Gasteiger partial charge in [0.05, 0.1) is 0 Å². The summed E-state index contributed by atoms with van der Waals surface area (Å²) in [6.45, 7) is 6.06. The van der Waals surface area contributed by atoms with Gasteiger partial charge in [0.2, 0.25) is 0 Å². The number of allylic oxidation sites excluding steroid dienone is 1. The van der Waals surface area contributed by atoms with E-state index in [0.717, 1.165) is 23.7 Å². The second-order valence-corrected chi connectivity index (χ2v) is 8.62. The predicted octanol–water partition coefficient (Wildman–Crippen LogP) is 7.12. The molecule has 1 aromatic carbocycles. The second kappa shape index (κ2) is 8.88. The van der Waals surface area contributed by atoms with E-state index < -0.39 is 0 Å². The maximum atomic E-state index is 3.87. The first-order valence-electron chi connectivity index (χ1n) is 10.4. The molecule has 0 aliphatic heterocycles. The third-order valence-electron chi connectivity index (χ3n) is 6.87. The van der Waals surface area contributed by atoms with Crippen LogP contribution in [-0.2, 0) is 6.42 Å². The standard InChI is InChI=1S/C24H36/c1-3-4-5-20-10-14-23(15-11-20)24-16-12-22(13-17-24)18-21-8-6-19(2)7-9-21/h3,6-9,20,22-24H,1,4-5,10-18H2,2H3. The van der Waals surface area contributed by atoms with Crippen LogP contribution in [-0.4, -0.2) is 0 Å². The molecule has 0 spiro atoms. The molecule has 0 N–H and O–H groups in total. The van der Waals surface area contributed by atoms with E-state index in [1.807, 2.05) is 0 Å². The second-order valence-electron chi connectivity index (χ2n) is 8.62. The van der Waals surface area contributed by atoms with Crippen molar-refractivity contribution in [3.63, 3.8) is 0 Å². The molecule has 0 radical (unpaired) electrons. The monoisotopic (exact) mass is 324 g/mol. The van der Waals surface area contributed by atoms with Gasteiger partial charge in [-0.05, 0) is 93.9 Å². The zero-order valence-corrected chi connectivity index (χ0v) is 15.7. The van der Waals surface area contributed by atoms with E-state index in [9.17, 15) is 0 Å². The number of rotatable bonds is 6. The molecule has 1 aromatic rings. The largest absolute Gasteiger partial charge is 0.103 e. The lowest BCUT2D eigenvalue weighted by molar-refractivity contribution is 0.144. The topological polar surface area (TPSA) is 0 Å². The molecule has 2 aliphatic carbocycles. The van der Waals surface area contributed by atoms with Gasteiger partial charge in [-0.1, -0.05) is 48.7 Å². The van der Waals surface area contributed by atoms with Crippen LogP contribution in [0.5, 0.6) is 0 Å². The van der Waals surface area contributed by atoms with Gasteiger partial charge in [-0.25, -0.2) is 0 Å². The highest BCUT2D eigenvalue weighted by molar-refractivity contribution is 5.21. The van der Waals surface area contributed by atoms with Gasteiger partial charge >= 0.3 is 0 Å². The normalized spacial score (nSPS) is 30.9. The van der Waals surface area contributed by atoms with Gasteiger partial charge in [-0.2, -0.15) is 0 Å². The maximum Gasteiger partial charge on any atom is -0.0250 e. The van der Waals surface area contributed by atoms with E-state index in [0.29, 0.717) is 0 Å². The van der Waals surface area contributed by atoms with E-state index in [4.69, 9.17) is 0 Å². The van der Waals surface area contributed by atoms with E-state index in [2.05, 4.69) is 43.8 Å². The minimum Gasteiger partial charge on any atom is -0.103 e. The van der Waals surface area contributed by atoms with Crippen molar-refractivity contribution in [3.05, 3.63) is 48.0 Å². The van der Waals surface area contributed by atoms with E-state index >= 15 is 0 Å². The fourth-order valence-electron chi connectivity index (χ4n) is 5.22. The highest BCUT2D eigenvalue weighted by Crippen LogP contribution is 2.42. The van der Waals surface area contributed by atoms with E-state index in [1.54, 1.807) is 5.56 Å². The highest BCUT2D eigenvalue weighted by atomic mass is 14.4. The molecule has 0 aromatic heterocycles. The average Bonchev–Trinajstić information content (AvgIpc) is 2.63. The van der Waals surface area contributed by atoms with Crippen molar-refractivity contribution in [3.8, 4) is 0 Å². The molecule has 2 fully saturated rings. The Morgan fingerprint density at radius 2 is 1.38 bits per heavy atom. The number of hydrogen-bond acceptors (Lipinski definition) is 0. The number of benzene rings is 1. The molecular formula is C24H36. The van der Waals surface area contributed by atoms with Gasteiger partial charge in [0.15, 0.2) is 0 Å². The Kier molecular flexibility index (Phi) is 6.58. The zero-order valence-electron chi connectivity index (χ0n) is 15.7. The van der Waals surface area contributed by atoms with Crippen LogP contribution in [0.4, 0.5) is 0 Å². The third-order valence-corrected chi connectivity index (χ3v) is 6.87. The van der Waals surface area contributed by atoms with Gasteiger partial charge in [0.1, 0.15) is 0 Å². The first-order chi connectivity index (χ1) is 11.7. The van der Waals surface area contributed by atoms with Crippen molar-refractivity contribution in [2.45, 2.75) is 77.6 Å². The summed E-state index contributed by atoms with van der Waals surface area (Å²) < 4.78 is 0. The van der Waals surface area contributed by atoms with Gasteiger partial charge in [0.25, 0.3) is 0 Å². The Balaban J connectivity index is 1.39. The van der Waals surface area contributed by atoms with Crippen molar-refractivity contribution in [2.75, 3.05) is 0 Å². The molecule has 132 valence electrons. The Bertz CT molecular complexity index is 481. The minimum atomic E-state index is 0.938. The van der Waals surface area contributed by atoms with Crippen molar-refractivity contribution < 1.29 is 0 Å². The summed E-state index contributed by atoms with van der Waals surface area (Å²) in [5, 5.41) is 0. The van der Waals surface area contributed by atoms with Crippen LogP contribution in [0, 0.1) is 30.6 Å². The predicted molar refractivity (Wildman–Crippen MR) is 105 cm³/mol. The molecule has 2 saturated carbocycles. The summed E-state index contributed by atoms with van der Waals surface area (Å²) in [5.74, 6) is 4.02. The molecule has 0 heteroatoms. The van der Waals surface area contributed by atoms with Crippen LogP contribution < -0.4 is 0 Å². The highest BCUT2D eigenvalue weighted by Gasteiger charge is 2.30. The molecule has 0 saturated heterocycles. The molecule has 0 heterocycles. The Labute approximate surface area is 149 Å². The smallest absolute Gasteiger partial charge is 0.0250 e. The molecule has 24 heavy (non-hydrogen) atoms. The summed E-state index contributed by atoms with van der Waals surface area (Å²) >= 11 is 0. The lowest BCUT2D eigenvalue weighted by Gasteiger charge is -2.38. The molecule has 0 amide bonds. The Morgan fingerprint density at radius 3 is 1.92 bits per heavy atom. The molecule has 0 bridgehead atoms. The van der Waals surface area contributed by atoms with Crippen molar-refractivity contribution in [1.29, 1.82) is 0 Å². The molecule has 0 nitrogen and oxygen atoms in total. The van der Waals surface area contributed by atoms with Crippen molar-refractivity contribution in [1.82, 2.24) is 0 Å². The summed E-state index contributed by atoms with van der Waals surface area (Å²) in [4.78, 5) is 0. The van der Waals surface area contributed by atoms with Gasteiger partial charge in [-0.15, -0.1) is 6.58 Å². The zero-order chi connectivity index (χ0) is 16.8. The van der Waals surface area contributed by atoms with Crippen LogP contribution >= 0.6 is 0 Å². The molecule has 0 atom stereocenters. The molecule has 2 aliphatic rings. The summed E-state index contributed by atoms with van der Waals surface area (Å²) in [5.41, 5.74) is 2.93. The maximum absolute atomic E-state index is 3.87. The number of aryl methyl sites for hydroxylation is 1. The van der Waals surface area contributed by atoms with Crippen molar-refractivity contribution in [2.24, 2.45) is 23.7 Å².